The fourth-order valence-electron chi connectivity index (χ4n) is 5.02. The van der Waals surface area contributed by atoms with Crippen molar-refractivity contribution < 1.29 is 28.9 Å². The second kappa shape index (κ2) is 12.1. The maximum atomic E-state index is 13.6. The van der Waals surface area contributed by atoms with Crippen LogP contribution in [-0.2, 0) is 21.5 Å². The van der Waals surface area contributed by atoms with Crippen molar-refractivity contribution in [2.24, 2.45) is 0 Å². The molecule has 41 heavy (non-hydrogen) atoms. The van der Waals surface area contributed by atoms with Crippen molar-refractivity contribution in [2.45, 2.75) is 65.6 Å². The quantitative estimate of drug-likeness (QED) is 0.177. The molecule has 0 saturated carbocycles. The van der Waals surface area contributed by atoms with Gasteiger partial charge in [0.25, 0.3) is 11.7 Å². The number of methoxy groups -OCH3 is 1. The van der Waals surface area contributed by atoms with Crippen molar-refractivity contribution in [3.63, 3.8) is 0 Å². The Balaban J connectivity index is 1.82. The number of ketones is 1. The zero-order valence-electron chi connectivity index (χ0n) is 24.9. The number of Topliss-reactive ketones (excluding diaryl/α,β-unsaturated/α-hetero) is 1. The number of ether oxygens (including phenoxy) is 3. The first-order chi connectivity index (χ1) is 19.4. The lowest BCUT2D eigenvalue weighted by molar-refractivity contribution is -0.140. The number of benzene rings is 3. The molecule has 1 saturated heterocycles. The highest BCUT2D eigenvalue weighted by molar-refractivity contribution is 6.46. The van der Waals surface area contributed by atoms with Crippen LogP contribution in [0.3, 0.4) is 0 Å². The first-order valence-corrected chi connectivity index (χ1v) is 13.9. The van der Waals surface area contributed by atoms with E-state index in [1.807, 2.05) is 63.2 Å². The molecule has 3 aromatic rings. The van der Waals surface area contributed by atoms with Crippen molar-refractivity contribution in [3.05, 3.63) is 94.6 Å². The number of likely N-dealkylation sites (tertiary alicyclic amines) is 1. The summed E-state index contributed by atoms with van der Waals surface area (Å²) in [6.45, 7) is 12.7. The van der Waals surface area contributed by atoms with Crippen LogP contribution in [0.2, 0.25) is 0 Å². The van der Waals surface area contributed by atoms with Crippen LogP contribution >= 0.6 is 0 Å². The first kappa shape index (κ1) is 29.7. The number of rotatable bonds is 9. The highest BCUT2D eigenvalue weighted by atomic mass is 16.5. The van der Waals surface area contributed by atoms with Crippen molar-refractivity contribution in [1.29, 1.82) is 0 Å². The molecule has 1 atom stereocenters. The largest absolute Gasteiger partial charge is 0.507 e. The Kier molecular flexibility index (Phi) is 8.76. The molecule has 0 aromatic heterocycles. The standard InChI is InChI=1S/C34H39NO6/c1-8-40-28-18-13-24(19-27(28)34(4,5)6)31(36)29-30(23-11-16-25(39-7)17-12-23)35(33(38)32(29)37)20-22-9-14-26(15-10-22)41-21(2)3/h9-19,21,30,36H,8,20H2,1-7H3/b31-29-. The number of amides is 1. The van der Waals surface area contributed by atoms with E-state index in [9.17, 15) is 14.7 Å². The molecule has 1 unspecified atom stereocenters. The third kappa shape index (κ3) is 6.40. The zero-order valence-corrected chi connectivity index (χ0v) is 24.9. The molecule has 0 bridgehead atoms. The second-order valence-electron chi connectivity index (χ2n) is 11.4. The van der Waals surface area contributed by atoms with Gasteiger partial charge in [0.2, 0.25) is 0 Å². The van der Waals surface area contributed by atoms with E-state index < -0.39 is 17.7 Å². The van der Waals surface area contributed by atoms with Crippen LogP contribution in [0.25, 0.3) is 5.76 Å². The third-order valence-electron chi connectivity index (χ3n) is 6.98. The highest BCUT2D eigenvalue weighted by Gasteiger charge is 2.46. The number of hydrogen-bond donors (Lipinski definition) is 1. The molecule has 1 amide bonds. The second-order valence-corrected chi connectivity index (χ2v) is 11.4. The number of nitrogens with zero attached hydrogens (tertiary/aromatic N) is 1. The van der Waals surface area contributed by atoms with E-state index in [-0.39, 0.29) is 29.4 Å². The monoisotopic (exact) mass is 557 g/mol. The lowest BCUT2D eigenvalue weighted by atomic mass is 9.84. The lowest BCUT2D eigenvalue weighted by Gasteiger charge is -2.26. The summed E-state index contributed by atoms with van der Waals surface area (Å²) in [5, 5.41) is 11.7. The summed E-state index contributed by atoms with van der Waals surface area (Å²) >= 11 is 0. The SMILES string of the molecule is CCOc1ccc(/C(O)=C2/C(=O)C(=O)N(Cc3ccc(OC(C)C)cc3)C2c2ccc(OC)cc2)cc1C(C)(C)C. The summed E-state index contributed by atoms with van der Waals surface area (Å²) in [5.41, 5.74) is 2.62. The number of carbonyl (C=O) groups is 2. The van der Waals surface area contributed by atoms with E-state index in [1.165, 1.54) is 4.90 Å². The molecule has 7 heteroatoms. The molecule has 7 nitrogen and oxygen atoms in total. The van der Waals surface area contributed by atoms with Crippen molar-refractivity contribution >= 4 is 17.4 Å². The molecule has 0 spiro atoms. The molecular formula is C34H39NO6. The van der Waals surface area contributed by atoms with Crippen molar-refractivity contribution in [3.8, 4) is 17.2 Å². The summed E-state index contributed by atoms with van der Waals surface area (Å²) in [5.74, 6) is 0.469. The lowest BCUT2D eigenvalue weighted by Crippen LogP contribution is -2.29. The van der Waals surface area contributed by atoms with Gasteiger partial charge in [-0.15, -0.1) is 0 Å². The molecule has 1 N–H and O–H groups in total. The Morgan fingerprint density at radius 1 is 0.951 bits per heavy atom. The van der Waals surface area contributed by atoms with Crippen LogP contribution in [0.5, 0.6) is 17.2 Å². The van der Waals surface area contributed by atoms with Gasteiger partial charge in [0.15, 0.2) is 0 Å². The highest BCUT2D eigenvalue weighted by Crippen LogP contribution is 2.42. The van der Waals surface area contributed by atoms with Gasteiger partial charge in [-0.05, 0) is 79.8 Å². The predicted molar refractivity (Wildman–Crippen MR) is 159 cm³/mol. The molecular weight excluding hydrogens is 518 g/mol. The maximum absolute atomic E-state index is 13.6. The molecule has 4 rings (SSSR count). The van der Waals surface area contributed by atoms with Gasteiger partial charge in [-0.25, -0.2) is 0 Å². The summed E-state index contributed by atoms with van der Waals surface area (Å²) < 4.78 is 16.9. The van der Waals surface area contributed by atoms with Gasteiger partial charge in [0, 0.05) is 17.7 Å². The van der Waals surface area contributed by atoms with Crippen molar-refractivity contribution in [1.82, 2.24) is 4.90 Å². The van der Waals surface area contributed by atoms with E-state index in [0.29, 0.717) is 29.2 Å². The van der Waals surface area contributed by atoms with Crippen LogP contribution < -0.4 is 14.2 Å². The fourth-order valence-corrected chi connectivity index (χ4v) is 5.02. The van der Waals surface area contributed by atoms with Gasteiger partial charge >= 0.3 is 0 Å². The van der Waals surface area contributed by atoms with Gasteiger partial charge < -0.3 is 24.2 Å². The number of aliphatic hydroxyl groups excluding tert-OH is 1. The van der Waals surface area contributed by atoms with Gasteiger partial charge in [0.05, 0.1) is 31.4 Å². The fraction of sp³-hybridized carbons (Fsp3) is 0.353. The van der Waals surface area contributed by atoms with Crippen molar-refractivity contribution in [2.75, 3.05) is 13.7 Å². The number of aliphatic hydroxyl groups is 1. The number of carbonyl (C=O) groups excluding carboxylic acids is 2. The van der Waals surface area contributed by atoms with Gasteiger partial charge in [-0.1, -0.05) is 45.0 Å². The minimum atomic E-state index is -0.794. The minimum absolute atomic E-state index is 0.0372. The summed E-state index contributed by atoms with van der Waals surface area (Å²) in [4.78, 5) is 28.6. The minimum Gasteiger partial charge on any atom is -0.507 e. The molecule has 1 aliphatic heterocycles. The molecule has 0 radical (unpaired) electrons. The predicted octanol–water partition coefficient (Wildman–Crippen LogP) is 6.80. The van der Waals surface area contributed by atoms with E-state index >= 15 is 0 Å². The van der Waals surface area contributed by atoms with E-state index in [2.05, 4.69) is 20.8 Å². The Morgan fingerprint density at radius 2 is 1.59 bits per heavy atom. The third-order valence-corrected chi connectivity index (χ3v) is 6.98. The molecule has 3 aromatic carbocycles. The smallest absolute Gasteiger partial charge is 0.295 e. The summed E-state index contributed by atoms with van der Waals surface area (Å²) in [6, 6.07) is 19.2. The maximum Gasteiger partial charge on any atom is 0.295 e. The van der Waals surface area contributed by atoms with E-state index in [4.69, 9.17) is 14.2 Å². The Morgan fingerprint density at radius 3 is 2.15 bits per heavy atom. The van der Waals surface area contributed by atoms with Crippen LogP contribution in [0.15, 0.2) is 72.3 Å². The van der Waals surface area contributed by atoms with Gasteiger partial charge in [-0.2, -0.15) is 0 Å². The average Bonchev–Trinajstić information content (AvgIpc) is 3.18. The van der Waals surface area contributed by atoms with Crippen LogP contribution in [0, 0.1) is 0 Å². The zero-order chi connectivity index (χ0) is 29.9. The average molecular weight is 558 g/mol. The van der Waals surface area contributed by atoms with E-state index in [1.54, 1.807) is 31.4 Å². The Hall–Kier alpha value is -4.26. The first-order valence-electron chi connectivity index (χ1n) is 13.9. The Bertz CT molecular complexity index is 1430. The topological polar surface area (TPSA) is 85.3 Å². The molecule has 1 fully saturated rings. The van der Waals surface area contributed by atoms with Crippen LogP contribution in [0.1, 0.15) is 69.8 Å². The van der Waals surface area contributed by atoms with Gasteiger partial charge in [0.1, 0.15) is 23.0 Å². The molecule has 1 heterocycles. The summed E-state index contributed by atoms with van der Waals surface area (Å²) in [7, 11) is 1.58. The molecule has 216 valence electrons. The van der Waals surface area contributed by atoms with E-state index in [0.717, 1.165) is 16.9 Å². The number of hydrogen-bond acceptors (Lipinski definition) is 6. The van der Waals surface area contributed by atoms with Crippen LogP contribution in [-0.4, -0.2) is 41.5 Å². The summed E-state index contributed by atoms with van der Waals surface area (Å²) in [6.07, 6.45) is 0.0372. The Labute approximate surface area is 242 Å². The molecule has 0 aliphatic carbocycles. The normalized spacial score (nSPS) is 16.8. The molecule has 1 aliphatic rings. The van der Waals surface area contributed by atoms with Crippen LogP contribution in [0.4, 0.5) is 0 Å². The van der Waals surface area contributed by atoms with Gasteiger partial charge in [-0.3, -0.25) is 9.59 Å².